The molecule has 2 atom stereocenters. The summed E-state index contributed by atoms with van der Waals surface area (Å²) in [5.41, 5.74) is 0.973. The highest BCUT2D eigenvalue weighted by Gasteiger charge is 2.39. The van der Waals surface area contributed by atoms with E-state index in [4.69, 9.17) is 4.74 Å². The van der Waals surface area contributed by atoms with Gasteiger partial charge in [-0.05, 0) is 45.1 Å². The van der Waals surface area contributed by atoms with Crippen molar-refractivity contribution in [2.45, 2.75) is 65.0 Å². The lowest BCUT2D eigenvalue weighted by molar-refractivity contribution is -0.0876. The third-order valence-corrected chi connectivity index (χ3v) is 4.18. The number of nitrogens with one attached hydrogen (secondary N) is 2. The van der Waals surface area contributed by atoms with Gasteiger partial charge in [0.05, 0.1) is 0 Å². The first-order valence-corrected chi connectivity index (χ1v) is 8.09. The number of imidazole rings is 1. The highest BCUT2D eigenvalue weighted by atomic mass is 16.5. The van der Waals surface area contributed by atoms with Gasteiger partial charge in [0.25, 0.3) is 0 Å². The zero-order valence-electron chi connectivity index (χ0n) is 13.2. The molecule has 1 aliphatic rings. The Morgan fingerprint density at radius 2 is 2.35 bits per heavy atom. The molecular formula is C16H29N3O. The Hall–Kier alpha value is -0.870. The fraction of sp³-hybridized carbons (Fsp3) is 0.812. The first kappa shape index (κ1) is 15.5. The molecule has 4 heteroatoms. The molecule has 0 amide bonds. The van der Waals surface area contributed by atoms with Crippen LogP contribution in [-0.2, 0) is 16.9 Å². The standard InChI is InChI=1S/C16H29N3O/c1-4-9-17-11-14-12-18-15(19-14)16(20-5-2)8-6-7-13(3)10-16/h12-13,17H,4-11H2,1-3H3,(H,18,19). The third kappa shape index (κ3) is 3.61. The van der Waals surface area contributed by atoms with Gasteiger partial charge in [-0.1, -0.05) is 20.3 Å². The van der Waals surface area contributed by atoms with Crippen LogP contribution in [-0.4, -0.2) is 23.1 Å². The molecule has 2 rings (SSSR count). The van der Waals surface area contributed by atoms with E-state index in [1.165, 1.54) is 12.8 Å². The van der Waals surface area contributed by atoms with Gasteiger partial charge in [-0.25, -0.2) is 4.98 Å². The van der Waals surface area contributed by atoms with E-state index >= 15 is 0 Å². The molecule has 0 bridgehead atoms. The quantitative estimate of drug-likeness (QED) is 0.753. The summed E-state index contributed by atoms with van der Waals surface area (Å²) >= 11 is 0. The summed E-state index contributed by atoms with van der Waals surface area (Å²) in [5, 5.41) is 3.41. The first-order chi connectivity index (χ1) is 9.70. The molecule has 2 unspecified atom stereocenters. The lowest BCUT2D eigenvalue weighted by atomic mass is 9.78. The molecule has 1 heterocycles. The van der Waals surface area contributed by atoms with E-state index in [1.807, 2.05) is 6.20 Å². The zero-order valence-corrected chi connectivity index (χ0v) is 13.2. The predicted octanol–water partition coefficient (Wildman–Crippen LogP) is 3.35. The molecule has 20 heavy (non-hydrogen) atoms. The van der Waals surface area contributed by atoms with E-state index in [1.54, 1.807) is 0 Å². The smallest absolute Gasteiger partial charge is 0.138 e. The number of aromatic nitrogens is 2. The second-order valence-corrected chi connectivity index (χ2v) is 6.06. The van der Waals surface area contributed by atoms with E-state index in [0.29, 0.717) is 5.92 Å². The van der Waals surface area contributed by atoms with Gasteiger partial charge in [-0.15, -0.1) is 0 Å². The highest BCUT2D eigenvalue weighted by Crippen LogP contribution is 2.41. The topological polar surface area (TPSA) is 49.9 Å². The SMILES string of the molecule is CCCNCc1cnc(C2(OCC)CCCC(C)C2)[nH]1. The molecule has 4 nitrogen and oxygen atoms in total. The van der Waals surface area contributed by atoms with Gasteiger partial charge in [0.15, 0.2) is 0 Å². The van der Waals surface area contributed by atoms with E-state index in [0.717, 1.165) is 50.5 Å². The monoisotopic (exact) mass is 279 g/mol. The Bertz CT molecular complexity index is 400. The van der Waals surface area contributed by atoms with Crippen LogP contribution in [0.25, 0.3) is 0 Å². The summed E-state index contributed by atoms with van der Waals surface area (Å²) in [4.78, 5) is 8.11. The van der Waals surface area contributed by atoms with Crippen molar-refractivity contribution in [3.05, 3.63) is 17.7 Å². The lowest BCUT2D eigenvalue weighted by Gasteiger charge is -2.38. The highest BCUT2D eigenvalue weighted by molar-refractivity contribution is 5.10. The van der Waals surface area contributed by atoms with E-state index in [-0.39, 0.29) is 5.60 Å². The van der Waals surface area contributed by atoms with Gasteiger partial charge in [0.1, 0.15) is 11.4 Å². The number of H-pyrrole nitrogens is 1. The van der Waals surface area contributed by atoms with Crippen LogP contribution in [0.1, 0.15) is 64.4 Å². The van der Waals surface area contributed by atoms with E-state index in [9.17, 15) is 0 Å². The van der Waals surface area contributed by atoms with Crippen molar-refractivity contribution in [3.8, 4) is 0 Å². The predicted molar refractivity (Wildman–Crippen MR) is 81.5 cm³/mol. The van der Waals surface area contributed by atoms with Gasteiger partial charge >= 0.3 is 0 Å². The molecule has 1 aliphatic carbocycles. The fourth-order valence-electron chi connectivity index (χ4n) is 3.27. The number of rotatable bonds is 7. The Morgan fingerprint density at radius 1 is 1.50 bits per heavy atom. The van der Waals surface area contributed by atoms with Crippen LogP contribution in [0.4, 0.5) is 0 Å². The van der Waals surface area contributed by atoms with Crippen LogP contribution in [0.3, 0.4) is 0 Å². The maximum absolute atomic E-state index is 6.15. The lowest BCUT2D eigenvalue weighted by Crippen LogP contribution is -2.36. The van der Waals surface area contributed by atoms with Gasteiger partial charge < -0.3 is 15.0 Å². The molecule has 114 valence electrons. The summed E-state index contributed by atoms with van der Waals surface area (Å²) in [7, 11) is 0. The maximum atomic E-state index is 6.15. The van der Waals surface area contributed by atoms with Gasteiger partial charge in [-0.2, -0.15) is 0 Å². The Kier molecular flexibility index (Phi) is 5.61. The summed E-state index contributed by atoms with van der Waals surface area (Å²) in [5.74, 6) is 1.74. The second-order valence-electron chi connectivity index (χ2n) is 6.06. The molecular weight excluding hydrogens is 250 g/mol. The number of aromatic amines is 1. The summed E-state index contributed by atoms with van der Waals surface area (Å²) in [6.07, 6.45) is 7.81. The molecule has 0 saturated heterocycles. The number of ether oxygens (including phenoxy) is 1. The van der Waals surface area contributed by atoms with Crippen LogP contribution >= 0.6 is 0 Å². The zero-order chi connectivity index (χ0) is 14.4. The van der Waals surface area contributed by atoms with Crippen LogP contribution in [0.2, 0.25) is 0 Å². The van der Waals surface area contributed by atoms with Crippen molar-refractivity contribution in [2.75, 3.05) is 13.2 Å². The Labute approximate surface area is 122 Å². The van der Waals surface area contributed by atoms with Crippen molar-refractivity contribution < 1.29 is 4.74 Å². The van der Waals surface area contributed by atoms with Crippen LogP contribution < -0.4 is 5.32 Å². The average Bonchev–Trinajstić information content (AvgIpc) is 2.89. The van der Waals surface area contributed by atoms with E-state index < -0.39 is 0 Å². The van der Waals surface area contributed by atoms with Crippen molar-refractivity contribution >= 4 is 0 Å². The minimum atomic E-state index is -0.185. The van der Waals surface area contributed by atoms with Crippen LogP contribution in [0.15, 0.2) is 6.20 Å². The molecule has 0 spiro atoms. The average molecular weight is 279 g/mol. The third-order valence-electron chi connectivity index (χ3n) is 4.18. The molecule has 0 aliphatic heterocycles. The molecule has 1 fully saturated rings. The van der Waals surface area contributed by atoms with Gasteiger partial charge in [0, 0.05) is 25.0 Å². The minimum Gasteiger partial charge on any atom is -0.367 e. The van der Waals surface area contributed by atoms with Crippen LogP contribution in [0.5, 0.6) is 0 Å². The maximum Gasteiger partial charge on any atom is 0.138 e. The largest absolute Gasteiger partial charge is 0.367 e. The summed E-state index contributed by atoms with van der Waals surface area (Å²) in [6, 6.07) is 0. The van der Waals surface area contributed by atoms with Crippen molar-refractivity contribution in [1.29, 1.82) is 0 Å². The molecule has 0 radical (unpaired) electrons. The fourth-order valence-corrected chi connectivity index (χ4v) is 3.27. The Balaban J connectivity index is 2.09. The Morgan fingerprint density at radius 3 is 3.05 bits per heavy atom. The first-order valence-electron chi connectivity index (χ1n) is 8.09. The number of hydrogen-bond acceptors (Lipinski definition) is 3. The molecule has 1 saturated carbocycles. The normalized spacial score (nSPS) is 26.9. The van der Waals surface area contributed by atoms with Crippen LogP contribution in [0, 0.1) is 5.92 Å². The van der Waals surface area contributed by atoms with Crippen molar-refractivity contribution in [1.82, 2.24) is 15.3 Å². The van der Waals surface area contributed by atoms with E-state index in [2.05, 4.69) is 36.1 Å². The molecule has 2 N–H and O–H groups in total. The van der Waals surface area contributed by atoms with Crippen molar-refractivity contribution in [2.24, 2.45) is 5.92 Å². The number of hydrogen-bond donors (Lipinski definition) is 2. The molecule has 1 aromatic rings. The van der Waals surface area contributed by atoms with Crippen molar-refractivity contribution in [3.63, 3.8) is 0 Å². The van der Waals surface area contributed by atoms with Gasteiger partial charge in [0.2, 0.25) is 0 Å². The minimum absolute atomic E-state index is 0.185. The second kappa shape index (κ2) is 7.23. The van der Waals surface area contributed by atoms with Gasteiger partial charge in [-0.3, -0.25) is 0 Å². The summed E-state index contributed by atoms with van der Waals surface area (Å²) < 4.78 is 6.15. The number of nitrogens with zero attached hydrogens (tertiary/aromatic N) is 1. The molecule has 1 aromatic heterocycles. The molecule has 0 aromatic carbocycles. The summed E-state index contributed by atoms with van der Waals surface area (Å²) in [6.45, 7) is 9.23.